The van der Waals surface area contributed by atoms with Crippen LogP contribution in [0.4, 0.5) is 0 Å². The van der Waals surface area contributed by atoms with Gasteiger partial charge >= 0.3 is 0 Å². The molecule has 18 heavy (non-hydrogen) atoms. The maximum Gasteiger partial charge on any atom is 0.118 e. The minimum Gasteiger partial charge on any atom is -0.497 e. The molecule has 0 fully saturated rings. The van der Waals surface area contributed by atoms with E-state index in [4.69, 9.17) is 4.74 Å². The van der Waals surface area contributed by atoms with Crippen molar-refractivity contribution < 1.29 is 4.74 Å². The van der Waals surface area contributed by atoms with Crippen LogP contribution in [0.1, 0.15) is 11.1 Å². The molecule has 3 heteroatoms. The van der Waals surface area contributed by atoms with E-state index in [0.717, 1.165) is 17.6 Å². The van der Waals surface area contributed by atoms with E-state index in [0.29, 0.717) is 0 Å². The van der Waals surface area contributed by atoms with Crippen LogP contribution in [-0.4, -0.2) is 7.11 Å². The van der Waals surface area contributed by atoms with Crippen molar-refractivity contribution in [1.29, 1.82) is 0 Å². The molecule has 0 aliphatic rings. The Morgan fingerprint density at radius 3 is 2.89 bits per heavy atom. The molecule has 0 amide bonds. The van der Waals surface area contributed by atoms with Crippen LogP contribution in [-0.2, 0) is 16.6 Å². The van der Waals surface area contributed by atoms with Gasteiger partial charge in [0.15, 0.2) is 0 Å². The number of halogens is 1. The number of hydrogen-bond donors (Lipinski definition) is 1. The number of hydrogen-bond acceptors (Lipinski definition) is 2. The zero-order valence-corrected chi connectivity index (χ0v) is 12.1. The fourth-order valence-electron chi connectivity index (χ4n) is 1.43. The van der Waals surface area contributed by atoms with Crippen LogP contribution in [0.15, 0.2) is 61.0 Å². The summed E-state index contributed by atoms with van der Waals surface area (Å²) in [7, 11) is 1.63. The number of alkyl halides is 1. The third-order valence-electron chi connectivity index (χ3n) is 2.36. The van der Waals surface area contributed by atoms with E-state index in [1.807, 2.05) is 18.4 Å². The molecule has 0 heterocycles. The number of allylic oxidation sites excluding steroid dienone is 3. The van der Waals surface area contributed by atoms with E-state index < -0.39 is 0 Å². The summed E-state index contributed by atoms with van der Waals surface area (Å²) < 4.78 is 5.05. The monoisotopic (exact) mass is 307 g/mol. The van der Waals surface area contributed by atoms with E-state index in [2.05, 4.69) is 52.1 Å². The molecule has 1 rings (SSSR count). The standard InChI is InChI=1S/C15H18BrNO/c1-3-15(18-2)8-5-9-17-12-14-7-4-6-13(10-14)11-16/h3-10,17H,1,11-12H2,2H3/b9-5+,15-8+. The van der Waals surface area contributed by atoms with Crippen LogP contribution >= 0.6 is 15.9 Å². The zero-order valence-electron chi connectivity index (χ0n) is 10.5. The Labute approximate surface area is 117 Å². The van der Waals surface area contributed by atoms with Gasteiger partial charge in [-0.15, -0.1) is 0 Å². The molecular formula is C15H18BrNO. The van der Waals surface area contributed by atoms with Gasteiger partial charge in [0.25, 0.3) is 0 Å². The molecule has 0 saturated carbocycles. The minimum absolute atomic E-state index is 0.745. The van der Waals surface area contributed by atoms with Crippen molar-refractivity contribution in [2.75, 3.05) is 7.11 Å². The number of methoxy groups -OCH3 is 1. The highest BCUT2D eigenvalue weighted by Crippen LogP contribution is 2.08. The van der Waals surface area contributed by atoms with Crippen molar-refractivity contribution in [3.63, 3.8) is 0 Å². The summed E-state index contributed by atoms with van der Waals surface area (Å²) in [5, 5.41) is 4.11. The molecular weight excluding hydrogens is 290 g/mol. The normalized spacial score (nSPS) is 11.6. The van der Waals surface area contributed by atoms with Gasteiger partial charge in [0.05, 0.1) is 7.11 Å². The first-order chi connectivity index (χ1) is 8.80. The average Bonchev–Trinajstić information content (AvgIpc) is 2.43. The van der Waals surface area contributed by atoms with Crippen LogP contribution < -0.4 is 5.32 Å². The molecule has 0 aliphatic heterocycles. The number of nitrogens with one attached hydrogen (secondary N) is 1. The largest absolute Gasteiger partial charge is 0.497 e. The van der Waals surface area contributed by atoms with Crippen molar-refractivity contribution in [2.45, 2.75) is 11.9 Å². The second kappa shape index (κ2) is 8.59. The van der Waals surface area contributed by atoms with E-state index >= 15 is 0 Å². The number of ether oxygens (including phenoxy) is 1. The van der Waals surface area contributed by atoms with Crippen molar-refractivity contribution >= 4 is 15.9 Å². The highest BCUT2D eigenvalue weighted by Gasteiger charge is 1.93. The first kappa shape index (κ1) is 14.6. The minimum atomic E-state index is 0.745. The van der Waals surface area contributed by atoms with E-state index in [-0.39, 0.29) is 0 Å². The lowest BCUT2D eigenvalue weighted by Gasteiger charge is -2.03. The highest BCUT2D eigenvalue weighted by molar-refractivity contribution is 9.08. The molecule has 0 bridgehead atoms. The zero-order chi connectivity index (χ0) is 13.2. The van der Waals surface area contributed by atoms with Crippen LogP contribution in [0.5, 0.6) is 0 Å². The van der Waals surface area contributed by atoms with Crippen molar-refractivity contribution in [2.24, 2.45) is 0 Å². The third kappa shape index (κ3) is 5.23. The quantitative estimate of drug-likeness (QED) is 0.468. The lowest BCUT2D eigenvalue weighted by Crippen LogP contribution is -2.04. The second-order valence-corrected chi connectivity index (χ2v) is 4.23. The predicted molar refractivity (Wildman–Crippen MR) is 80.3 cm³/mol. The molecule has 2 nitrogen and oxygen atoms in total. The summed E-state index contributed by atoms with van der Waals surface area (Å²) in [4.78, 5) is 0. The SMILES string of the molecule is C=C/C(=C\C=C\NCc1cccc(CBr)c1)OC. The molecule has 0 saturated heterocycles. The summed E-state index contributed by atoms with van der Waals surface area (Å²) in [5.74, 6) is 0.745. The van der Waals surface area contributed by atoms with Gasteiger partial charge in [0.2, 0.25) is 0 Å². The maximum atomic E-state index is 5.05. The lowest BCUT2D eigenvalue weighted by molar-refractivity contribution is 0.307. The molecule has 96 valence electrons. The third-order valence-corrected chi connectivity index (χ3v) is 3.01. The fraction of sp³-hybridized carbons (Fsp3) is 0.200. The number of benzene rings is 1. The smallest absolute Gasteiger partial charge is 0.118 e. The van der Waals surface area contributed by atoms with Gasteiger partial charge in [0, 0.05) is 11.9 Å². The van der Waals surface area contributed by atoms with E-state index in [1.165, 1.54) is 11.1 Å². The van der Waals surface area contributed by atoms with Crippen molar-refractivity contribution in [3.05, 3.63) is 72.2 Å². The van der Waals surface area contributed by atoms with Crippen LogP contribution in [0.3, 0.4) is 0 Å². The Hall–Kier alpha value is -1.48. The van der Waals surface area contributed by atoms with Gasteiger partial charge in [-0.25, -0.2) is 0 Å². The van der Waals surface area contributed by atoms with Gasteiger partial charge in [-0.2, -0.15) is 0 Å². The van der Waals surface area contributed by atoms with Gasteiger partial charge in [-0.3, -0.25) is 0 Å². The van der Waals surface area contributed by atoms with E-state index in [9.17, 15) is 0 Å². The Kier molecular flexibility index (Phi) is 6.96. The summed E-state index contributed by atoms with van der Waals surface area (Å²) in [6.07, 6.45) is 7.32. The highest BCUT2D eigenvalue weighted by atomic mass is 79.9. The Bertz CT molecular complexity index is 438. The van der Waals surface area contributed by atoms with Gasteiger partial charge in [0.1, 0.15) is 5.76 Å². The molecule has 0 aliphatic carbocycles. The lowest BCUT2D eigenvalue weighted by atomic mass is 10.1. The number of rotatable bonds is 7. The van der Waals surface area contributed by atoms with Crippen LogP contribution in [0.25, 0.3) is 0 Å². The average molecular weight is 308 g/mol. The summed E-state index contributed by atoms with van der Waals surface area (Å²) in [6.45, 7) is 4.45. The summed E-state index contributed by atoms with van der Waals surface area (Å²) in [6, 6.07) is 8.45. The predicted octanol–water partition coefficient (Wildman–Crippen LogP) is 3.90. The molecule has 1 aromatic rings. The fourth-order valence-corrected chi connectivity index (χ4v) is 1.78. The maximum absolute atomic E-state index is 5.05. The molecule has 1 aromatic carbocycles. The molecule has 0 spiro atoms. The summed E-state index contributed by atoms with van der Waals surface area (Å²) in [5.41, 5.74) is 2.54. The van der Waals surface area contributed by atoms with Gasteiger partial charge < -0.3 is 10.1 Å². The second-order valence-electron chi connectivity index (χ2n) is 3.67. The topological polar surface area (TPSA) is 21.3 Å². The van der Waals surface area contributed by atoms with Crippen molar-refractivity contribution in [1.82, 2.24) is 5.32 Å². The van der Waals surface area contributed by atoms with Gasteiger partial charge in [-0.1, -0.05) is 46.8 Å². The molecule has 0 aromatic heterocycles. The summed E-state index contributed by atoms with van der Waals surface area (Å²) >= 11 is 3.45. The van der Waals surface area contributed by atoms with E-state index in [1.54, 1.807) is 13.2 Å². The molecule has 0 atom stereocenters. The van der Waals surface area contributed by atoms with Gasteiger partial charge in [-0.05, 0) is 35.6 Å². The Morgan fingerprint density at radius 2 is 2.22 bits per heavy atom. The van der Waals surface area contributed by atoms with Crippen LogP contribution in [0, 0.1) is 0 Å². The first-order valence-electron chi connectivity index (χ1n) is 5.70. The Balaban J connectivity index is 2.43. The molecule has 0 unspecified atom stereocenters. The molecule has 1 N–H and O–H groups in total. The molecule has 0 radical (unpaired) electrons. The van der Waals surface area contributed by atoms with Crippen molar-refractivity contribution in [3.8, 4) is 0 Å². The van der Waals surface area contributed by atoms with Crippen LogP contribution in [0.2, 0.25) is 0 Å². The Morgan fingerprint density at radius 1 is 1.44 bits per heavy atom. The first-order valence-corrected chi connectivity index (χ1v) is 6.82.